The largest absolute Gasteiger partial charge is 0.416 e. The minimum atomic E-state index is -4.39. The molecule has 1 heterocycles. The van der Waals surface area contributed by atoms with E-state index in [0.717, 1.165) is 12.1 Å². The number of rotatable bonds is 4. The van der Waals surface area contributed by atoms with Crippen LogP contribution in [-0.4, -0.2) is 17.0 Å². The van der Waals surface area contributed by atoms with Gasteiger partial charge in [-0.1, -0.05) is 0 Å². The second kappa shape index (κ2) is 5.81. The summed E-state index contributed by atoms with van der Waals surface area (Å²) in [6.07, 6.45) is -0.655. The van der Waals surface area contributed by atoms with Gasteiger partial charge in [0.2, 0.25) is 0 Å². The Balaban J connectivity index is 1.89. The molecule has 0 atom stereocenters. The van der Waals surface area contributed by atoms with E-state index < -0.39 is 11.7 Å². The van der Waals surface area contributed by atoms with Gasteiger partial charge in [0.05, 0.1) is 5.56 Å². The number of carbonyl (C=O) groups excluding carboxylic acids is 1. The number of nitrogens with zero attached hydrogens (tertiary/aromatic N) is 1. The van der Waals surface area contributed by atoms with Crippen molar-refractivity contribution in [2.75, 3.05) is 6.54 Å². The molecule has 106 valence electrons. The van der Waals surface area contributed by atoms with E-state index in [1.807, 2.05) is 29.1 Å². The highest BCUT2D eigenvalue weighted by Gasteiger charge is 2.30. The highest BCUT2D eigenvalue weighted by molar-refractivity contribution is 5.94. The molecule has 6 heteroatoms. The van der Waals surface area contributed by atoms with Gasteiger partial charge in [0.15, 0.2) is 0 Å². The minimum absolute atomic E-state index is 0.213. The van der Waals surface area contributed by atoms with Crippen LogP contribution in [0.5, 0.6) is 0 Å². The van der Waals surface area contributed by atoms with Crippen molar-refractivity contribution in [3.8, 4) is 0 Å². The smallest absolute Gasteiger partial charge is 0.353 e. The molecule has 1 aromatic carbocycles. The number of carbonyl (C=O) groups is 1. The number of amides is 1. The van der Waals surface area contributed by atoms with Gasteiger partial charge in [-0.2, -0.15) is 13.2 Å². The Morgan fingerprint density at radius 1 is 1.10 bits per heavy atom. The zero-order chi connectivity index (χ0) is 14.6. The Labute approximate surface area is 114 Å². The molecule has 0 saturated carbocycles. The van der Waals surface area contributed by atoms with Crippen LogP contribution in [0.2, 0.25) is 0 Å². The number of hydrogen-bond acceptors (Lipinski definition) is 1. The van der Waals surface area contributed by atoms with Crippen LogP contribution in [0.4, 0.5) is 13.2 Å². The maximum absolute atomic E-state index is 12.4. The van der Waals surface area contributed by atoms with Crippen LogP contribution in [0, 0.1) is 0 Å². The van der Waals surface area contributed by atoms with Crippen molar-refractivity contribution in [3.63, 3.8) is 0 Å². The van der Waals surface area contributed by atoms with Gasteiger partial charge in [0, 0.05) is 31.0 Å². The summed E-state index contributed by atoms with van der Waals surface area (Å²) in [5.74, 6) is -0.383. The zero-order valence-corrected chi connectivity index (χ0v) is 10.5. The third kappa shape index (κ3) is 3.63. The lowest BCUT2D eigenvalue weighted by atomic mass is 10.1. The summed E-state index contributed by atoms with van der Waals surface area (Å²) in [5, 5.41) is 2.65. The van der Waals surface area contributed by atoms with Gasteiger partial charge in [0.25, 0.3) is 5.91 Å². The first kappa shape index (κ1) is 14.2. The van der Waals surface area contributed by atoms with Gasteiger partial charge in [-0.25, -0.2) is 0 Å². The fraction of sp³-hybridized carbons (Fsp3) is 0.214. The van der Waals surface area contributed by atoms with E-state index in [9.17, 15) is 18.0 Å². The van der Waals surface area contributed by atoms with Crippen LogP contribution in [0.25, 0.3) is 0 Å². The van der Waals surface area contributed by atoms with Crippen molar-refractivity contribution in [1.29, 1.82) is 0 Å². The first-order valence-electron chi connectivity index (χ1n) is 6.03. The fourth-order valence-electron chi connectivity index (χ4n) is 1.73. The first-order valence-corrected chi connectivity index (χ1v) is 6.03. The second-order valence-corrected chi connectivity index (χ2v) is 4.25. The molecule has 1 N–H and O–H groups in total. The third-order valence-electron chi connectivity index (χ3n) is 2.80. The summed E-state index contributed by atoms with van der Waals surface area (Å²) < 4.78 is 39.0. The van der Waals surface area contributed by atoms with E-state index in [2.05, 4.69) is 5.32 Å². The fourth-order valence-corrected chi connectivity index (χ4v) is 1.73. The van der Waals surface area contributed by atoms with E-state index >= 15 is 0 Å². The summed E-state index contributed by atoms with van der Waals surface area (Å²) in [5.41, 5.74) is -0.549. The molecular weight excluding hydrogens is 269 g/mol. The third-order valence-corrected chi connectivity index (χ3v) is 2.80. The lowest BCUT2D eigenvalue weighted by molar-refractivity contribution is -0.137. The van der Waals surface area contributed by atoms with Crippen LogP contribution in [0.3, 0.4) is 0 Å². The lowest BCUT2D eigenvalue weighted by Crippen LogP contribution is -2.27. The highest BCUT2D eigenvalue weighted by atomic mass is 19.4. The lowest BCUT2D eigenvalue weighted by Gasteiger charge is -2.08. The number of aromatic nitrogens is 1. The summed E-state index contributed by atoms with van der Waals surface area (Å²) in [6.45, 7) is 1.02. The van der Waals surface area contributed by atoms with Crippen molar-refractivity contribution in [3.05, 3.63) is 59.9 Å². The normalized spacial score (nSPS) is 11.3. The summed E-state index contributed by atoms with van der Waals surface area (Å²) in [4.78, 5) is 11.7. The SMILES string of the molecule is O=C(NCCn1cccc1)c1ccc(C(F)(F)F)cc1. The highest BCUT2D eigenvalue weighted by Crippen LogP contribution is 2.28. The van der Waals surface area contributed by atoms with Gasteiger partial charge >= 0.3 is 6.18 Å². The molecule has 2 aromatic rings. The molecule has 0 unspecified atom stereocenters. The molecule has 0 fully saturated rings. The van der Waals surface area contributed by atoms with Gasteiger partial charge in [-0.05, 0) is 36.4 Å². The molecule has 0 saturated heterocycles. The molecule has 0 radical (unpaired) electrons. The van der Waals surface area contributed by atoms with Gasteiger partial charge < -0.3 is 9.88 Å². The topological polar surface area (TPSA) is 34.0 Å². The average molecular weight is 282 g/mol. The van der Waals surface area contributed by atoms with Crippen LogP contribution in [-0.2, 0) is 12.7 Å². The Morgan fingerprint density at radius 3 is 2.25 bits per heavy atom. The molecule has 2 rings (SSSR count). The molecule has 0 spiro atoms. The van der Waals surface area contributed by atoms with Gasteiger partial charge in [0.1, 0.15) is 0 Å². The van der Waals surface area contributed by atoms with E-state index in [-0.39, 0.29) is 11.5 Å². The quantitative estimate of drug-likeness (QED) is 0.919. The monoisotopic (exact) mass is 282 g/mol. The number of benzene rings is 1. The van der Waals surface area contributed by atoms with Crippen LogP contribution in [0.1, 0.15) is 15.9 Å². The molecule has 0 bridgehead atoms. The maximum Gasteiger partial charge on any atom is 0.416 e. The Morgan fingerprint density at radius 2 is 1.70 bits per heavy atom. The van der Waals surface area contributed by atoms with E-state index in [0.29, 0.717) is 13.1 Å². The Kier molecular flexibility index (Phi) is 4.12. The number of alkyl halides is 3. The summed E-state index contributed by atoms with van der Waals surface area (Å²) in [6, 6.07) is 7.90. The second-order valence-electron chi connectivity index (χ2n) is 4.25. The summed E-state index contributed by atoms with van der Waals surface area (Å²) in [7, 11) is 0. The molecule has 0 aliphatic rings. The van der Waals surface area contributed by atoms with Crippen molar-refractivity contribution in [2.24, 2.45) is 0 Å². The zero-order valence-electron chi connectivity index (χ0n) is 10.5. The van der Waals surface area contributed by atoms with E-state index in [1.165, 1.54) is 12.1 Å². The molecule has 1 amide bonds. The van der Waals surface area contributed by atoms with Crippen molar-refractivity contribution < 1.29 is 18.0 Å². The molecular formula is C14H13F3N2O. The van der Waals surface area contributed by atoms with E-state index in [4.69, 9.17) is 0 Å². The maximum atomic E-state index is 12.4. The summed E-state index contributed by atoms with van der Waals surface area (Å²) >= 11 is 0. The predicted octanol–water partition coefficient (Wildman–Crippen LogP) is 2.94. The molecule has 0 aliphatic heterocycles. The predicted molar refractivity (Wildman–Crippen MR) is 68.2 cm³/mol. The molecule has 1 aromatic heterocycles. The Bertz CT molecular complexity index is 559. The Hall–Kier alpha value is -2.24. The number of nitrogens with one attached hydrogen (secondary N) is 1. The van der Waals surface area contributed by atoms with Crippen LogP contribution < -0.4 is 5.32 Å². The van der Waals surface area contributed by atoms with Crippen molar-refractivity contribution >= 4 is 5.91 Å². The van der Waals surface area contributed by atoms with Crippen LogP contribution >= 0.6 is 0 Å². The molecule has 20 heavy (non-hydrogen) atoms. The molecule has 0 aliphatic carbocycles. The van der Waals surface area contributed by atoms with Crippen molar-refractivity contribution in [2.45, 2.75) is 12.7 Å². The first-order chi connectivity index (χ1) is 9.47. The number of hydrogen-bond donors (Lipinski definition) is 1. The van der Waals surface area contributed by atoms with Gasteiger partial charge in [-0.15, -0.1) is 0 Å². The average Bonchev–Trinajstić information content (AvgIpc) is 2.91. The molecule has 3 nitrogen and oxygen atoms in total. The van der Waals surface area contributed by atoms with Crippen LogP contribution in [0.15, 0.2) is 48.8 Å². The number of halogens is 3. The van der Waals surface area contributed by atoms with E-state index in [1.54, 1.807) is 0 Å². The van der Waals surface area contributed by atoms with Crippen molar-refractivity contribution in [1.82, 2.24) is 9.88 Å². The van der Waals surface area contributed by atoms with Gasteiger partial charge in [-0.3, -0.25) is 4.79 Å². The standard InChI is InChI=1S/C14H13F3N2O/c15-14(16,17)12-5-3-11(4-6-12)13(20)18-7-10-19-8-1-2-9-19/h1-6,8-9H,7,10H2,(H,18,20). The minimum Gasteiger partial charge on any atom is -0.353 e.